The highest BCUT2D eigenvalue weighted by Gasteiger charge is 2.09. The van der Waals surface area contributed by atoms with Crippen LogP contribution in [0.25, 0.3) is 0 Å². The molecule has 0 unspecified atom stereocenters. The first-order valence-corrected chi connectivity index (χ1v) is 6.57. The maximum Gasteiger partial charge on any atom is 0.149 e. The van der Waals surface area contributed by atoms with E-state index in [0.29, 0.717) is 13.1 Å². The van der Waals surface area contributed by atoms with Gasteiger partial charge in [-0.15, -0.1) is 5.10 Å². The normalized spacial score (nSPS) is 10.9. The Morgan fingerprint density at radius 1 is 1.25 bits per heavy atom. The summed E-state index contributed by atoms with van der Waals surface area (Å²) < 4.78 is 3.58. The second kappa shape index (κ2) is 5.42. The van der Waals surface area contributed by atoms with Gasteiger partial charge >= 0.3 is 0 Å². The Bertz CT molecular complexity index is 703. The molecule has 0 aliphatic rings. The van der Waals surface area contributed by atoms with Gasteiger partial charge in [-0.25, -0.2) is 14.3 Å². The summed E-state index contributed by atoms with van der Waals surface area (Å²) in [6.07, 6.45) is 3.44. The average Bonchev–Trinajstić information content (AvgIpc) is 3.01. The van der Waals surface area contributed by atoms with Crippen LogP contribution in [0.4, 0.5) is 0 Å². The highest BCUT2D eigenvalue weighted by molar-refractivity contribution is 6.30. The van der Waals surface area contributed by atoms with Gasteiger partial charge in [-0.1, -0.05) is 28.9 Å². The number of aryl methyl sites for hydroxylation is 1. The van der Waals surface area contributed by atoms with Crippen molar-refractivity contribution in [3.63, 3.8) is 0 Å². The van der Waals surface area contributed by atoms with E-state index in [2.05, 4.69) is 20.4 Å². The Morgan fingerprint density at radius 3 is 2.90 bits per heavy atom. The molecule has 0 saturated heterocycles. The zero-order valence-corrected chi connectivity index (χ0v) is 11.7. The van der Waals surface area contributed by atoms with Crippen molar-refractivity contribution < 1.29 is 0 Å². The summed E-state index contributed by atoms with van der Waals surface area (Å²) in [5, 5.41) is 12.9. The monoisotopic (exact) mass is 288 g/mol. The minimum absolute atomic E-state index is 0.543. The van der Waals surface area contributed by atoms with Gasteiger partial charge in [0.2, 0.25) is 0 Å². The Hall–Kier alpha value is -2.21. The third kappa shape index (κ3) is 2.85. The van der Waals surface area contributed by atoms with Gasteiger partial charge in [0.1, 0.15) is 18.2 Å². The van der Waals surface area contributed by atoms with Crippen LogP contribution in [0, 0.1) is 6.92 Å². The summed E-state index contributed by atoms with van der Waals surface area (Å²) in [7, 11) is 0. The van der Waals surface area contributed by atoms with Gasteiger partial charge in [-0.2, -0.15) is 5.10 Å². The third-order valence-electron chi connectivity index (χ3n) is 2.85. The standard InChI is InChI=1S/C13H13ClN6/c1-10-16-13(9-19-6-5-15-18-19)20(17-10)8-11-3-2-4-12(14)7-11/h2-7H,8-9H2,1H3. The summed E-state index contributed by atoms with van der Waals surface area (Å²) >= 11 is 6.00. The van der Waals surface area contributed by atoms with Gasteiger partial charge < -0.3 is 0 Å². The zero-order valence-electron chi connectivity index (χ0n) is 10.9. The van der Waals surface area contributed by atoms with E-state index in [0.717, 1.165) is 22.2 Å². The van der Waals surface area contributed by atoms with Crippen LogP contribution in [0.5, 0.6) is 0 Å². The van der Waals surface area contributed by atoms with Crippen LogP contribution < -0.4 is 0 Å². The molecule has 0 bridgehead atoms. The Labute approximate surface area is 121 Å². The molecule has 6 nitrogen and oxygen atoms in total. The van der Waals surface area contributed by atoms with E-state index >= 15 is 0 Å². The number of benzene rings is 1. The average molecular weight is 289 g/mol. The third-order valence-corrected chi connectivity index (χ3v) is 3.09. The maximum atomic E-state index is 6.00. The zero-order chi connectivity index (χ0) is 13.9. The van der Waals surface area contributed by atoms with Crippen LogP contribution in [0.2, 0.25) is 5.02 Å². The van der Waals surface area contributed by atoms with Crippen molar-refractivity contribution in [2.24, 2.45) is 0 Å². The Morgan fingerprint density at radius 2 is 2.15 bits per heavy atom. The molecule has 0 atom stereocenters. The van der Waals surface area contributed by atoms with Crippen molar-refractivity contribution in [1.29, 1.82) is 0 Å². The lowest BCUT2D eigenvalue weighted by atomic mass is 10.2. The highest BCUT2D eigenvalue weighted by Crippen LogP contribution is 2.12. The second-order valence-electron chi connectivity index (χ2n) is 4.46. The number of nitrogens with zero attached hydrogens (tertiary/aromatic N) is 6. The lowest BCUT2D eigenvalue weighted by Gasteiger charge is -2.06. The van der Waals surface area contributed by atoms with Gasteiger partial charge in [0.05, 0.1) is 12.7 Å². The smallest absolute Gasteiger partial charge is 0.149 e. The topological polar surface area (TPSA) is 61.4 Å². The summed E-state index contributed by atoms with van der Waals surface area (Å²) in [4.78, 5) is 4.43. The van der Waals surface area contributed by atoms with Crippen molar-refractivity contribution in [3.8, 4) is 0 Å². The molecule has 2 aromatic heterocycles. The summed E-state index contributed by atoms with van der Waals surface area (Å²) in [5.74, 6) is 1.58. The molecule has 0 fully saturated rings. The van der Waals surface area contributed by atoms with E-state index in [9.17, 15) is 0 Å². The fourth-order valence-corrected chi connectivity index (χ4v) is 2.23. The van der Waals surface area contributed by atoms with Crippen molar-refractivity contribution in [2.45, 2.75) is 20.0 Å². The molecule has 3 aromatic rings. The van der Waals surface area contributed by atoms with Crippen molar-refractivity contribution >= 4 is 11.6 Å². The lowest BCUT2D eigenvalue weighted by molar-refractivity contribution is 0.567. The van der Waals surface area contributed by atoms with Gasteiger partial charge in [-0.05, 0) is 24.6 Å². The van der Waals surface area contributed by atoms with Crippen molar-refractivity contribution in [2.75, 3.05) is 0 Å². The molecule has 0 spiro atoms. The van der Waals surface area contributed by atoms with Crippen LogP contribution in [0.1, 0.15) is 17.2 Å². The van der Waals surface area contributed by atoms with Crippen molar-refractivity contribution in [1.82, 2.24) is 29.8 Å². The van der Waals surface area contributed by atoms with Gasteiger partial charge in [0.15, 0.2) is 0 Å². The lowest BCUT2D eigenvalue weighted by Crippen LogP contribution is -2.11. The second-order valence-corrected chi connectivity index (χ2v) is 4.90. The van der Waals surface area contributed by atoms with Gasteiger partial charge in [-0.3, -0.25) is 0 Å². The fraction of sp³-hybridized carbons (Fsp3) is 0.231. The first kappa shape index (κ1) is 12.8. The number of hydrogen-bond donors (Lipinski definition) is 0. The van der Waals surface area contributed by atoms with E-state index in [1.54, 1.807) is 17.1 Å². The van der Waals surface area contributed by atoms with Crippen LogP contribution in [-0.4, -0.2) is 29.8 Å². The fourth-order valence-electron chi connectivity index (χ4n) is 2.01. The first-order chi connectivity index (χ1) is 9.70. The number of rotatable bonds is 4. The predicted octanol–water partition coefficient (Wildman–Crippen LogP) is 1.93. The van der Waals surface area contributed by atoms with E-state index in [1.807, 2.05) is 35.9 Å². The molecular formula is C13H13ClN6. The Kier molecular flexibility index (Phi) is 3.47. The minimum Gasteiger partial charge on any atom is -0.245 e. The minimum atomic E-state index is 0.543. The Balaban J connectivity index is 1.86. The molecule has 102 valence electrons. The highest BCUT2D eigenvalue weighted by atomic mass is 35.5. The first-order valence-electron chi connectivity index (χ1n) is 6.19. The van der Waals surface area contributed by atoms with E-state index in [-0.39, 0.29) is 0 Å². The summed E-state index contributed by atoms with van der Waals surface area (Å²) in [6.45, 7) is 3.05. The SMILES string of the molecule is Cc1nc(Cn2ccnn2)n(Cc2cccc(Cl)c2)n1. The largest absolute Gasteiger partial charge is 0.245 e. The molecular weight excluding hydrogens is 276 g/mol. The van der Waals surface area contributed by atoms with Gasteiger partial charge in [0.25, 0.3) is 0 Å². The number of halogens is 1. The molecule has 0 aliphatic carbocycles. The van der Waals surface area contributed by atoms with Crippen LogP contribution in [0.3, 0.4) is 0 Å². The molecule has 20 heavy (non-hydrogen) atoms. The summed E-state index contributed by atoms with van der Waals surface area (Å²) in [5.41, 5.74) is 1.09. The molecule has 0 N–H and O–H groups in total. The molecule has 0 aliphatic heterocycles. The van der Waals surface area contributed by atoms with Crippen LogP contribution in [-0.2, 0) is 13.1 Å². The van der Waals surface area contributed by atoms with E-state index in [1.165, 1.54) is 0 Å². The molecule has 0 amide bonds. The molecule has 0 saturated carbocycles. The van der Waals surface area contributed by atoms with E-state index < -0.39 is 0 Å². The predicted molar refractivity (Wildman–Crippen MR) is 74.4 cm³/mol. The molecule has 7 heteroatoms. The van der Waals surface area contributed by atoms with Crippen LogP contribution >= 0.6 is 11.6 Å². The number of aromatic nitrogens is 6. The maximum absolute atomic E-state index is 6.00. The quantitative estimate of drug-likeness (QED) is 0.736. The molecule has 2 heterocycles. The molecule has 0 radical (unpaired) electrons. The number of hydrogen-bond acceptors (Lipinski definition) is 4. The van der Waals surface area contributed by atoms with Crippen molar-refractivity contribution in [3.05, 3.63) is 58.9 Å². The van der Waals surface area contributed by atoms with E-state index in [4.69, 9.17) is 11.6 Å². The van der Waals surface area contributed by atoms with Gasteiger partial charge in [0, 0.05) is 11.2 Å². The van der Waals surface area contributed by atoms with Crippen LogP contribution in [0.15, 0.2) is 36.7 Å². The molecule has 3 rings (SSSR count). The molecule has 1 aromatic carbocycles. The summed E-state index contributed by atoms with van der Waals surface area (Å²) in [6, 6.07) is 7.73.